The Labute approximate surface area is 125 Å². The number of piperidine rings is 1. The zero-order valence-electron chi connectivity index (χ0n) is 12.1. The van der Waals surface area contributed by atoms with Crippen molar-refractivity contribution < 1.29 is 0 Å². The average molecular weight is 289 g/mol. The van der Waals surface area contributed by atoms with E-state index in [1.165, 1.54) is 24.9 Å². The Hall–Kier alpha value is -1.00. The maximum atomic E-state index is 4.90. The standard InChI is InChI=1S/C16H23N3S/c1-13-12-20-16(17-13)18-15-8-5-9-19(11-15)10-14-6-3-2-4-7-14/h2-4,6-7,13,15H,5,8-12H2,1H3,(H,17,18). The lowest BCUT2D eigenvalue weighted by Gasteiger charge is -2.31. The number of hydrogen-bond donors (Lipinski definition) is 1. The van der Waals surface area contributed by atoms with E-state index in [0.717, 1.165) is 24.0 Å². The third-order valence-electron chi connectivity index (χ3n) is 3.87. The summed E-state index contributed by atoms with van der Waals surface area (Å²) >= 11 is 1.87. The van der Waals surface area contributed by atoms with Gasteiger partial charge in [0.2, 0.25) is 0 Å². The van der Waals surface area contributed by atoms with Crippen molar-refractivity contribution in [1.82, 2.24) is 10.2 Å². The molecule has 1 aromatic carbocycles. The number of hydrogen-bond acceptors (Lipinski definition) is 3. The van der Waals surface area contributed by atoms with Crippen LogP contribution < -0.4 is 5.32 Å². The third kappa shape index (κ3) is 3.76. The molecule has 2 aliphatic rings. The molecule has 0 aliphatic carbocycles. The third-order valence-corrected chi connectivity index (χ3v) is 5.03. The summed E-state index contributed by atoms with van der Waals surface area (Å²) < 4.78 is 0. The SMILES string of the molecule is CC1CSC(=NC2CCCN(Cc3ccccc3)C2)N1. The molecule has 2 aliphatic heterocycles. The smallest absolute Gasteiger partial charge is 0.157 e. The van der Waals surface area contributed by atoms with Crippen molar-refractivity contribution >= 4 is 16.9 Å². The Morgan fingerprint density at radius 1 is 1.35 bits per heavy atom. The molecule has 108 valence electrons. The molecule has 2 atom stereocenters. The number of aliphatic imine (C=N–C) groups is 1. The Kier molecular flexibility index (Phi) is 4.63. The molecule has 2 unspecified atom stereocenters. The molecule has 0 amide bonds. The van der Waals surface area contributed by atoms with Crippen LogP contribution in [0.5, 0.6) is 0 Å². The van der Waals surface area contributed by atoms with Gasteiger partial charge in [-0.1, -0.05) is 42.1 Å². The number of rotatable bonds is 3. The minimum atomic E-state index is 0.466. The molecule has 0 radical (unpaired) electrons. The van der Waals surface area contributed by atoms with Gasteiger partial charge < -0.3 is 5.32 Å². The van der Waals surface area contributed by atoms with Crippen molar-refractivity contribution in [3.05, 3.63) is 35.9 Å². The highest BCUT2D eigenvalue weighted by Gasteiger charge is 2.22. The summed E-state index contributed by atoms with van der Waals surface area (Å²) in [6, 6.07) is 11.8. The molecule has 1 aromatic rings. The van der Waals surface area contributed by atoms with Gasteiger partial charge in [-0.05, 0) is 31.9 Å². The minimum absolute atomic E-state index is 0.466. The molecule has 1 N–H and O–H groups in total. The number of thioether (sulfide) groups is 1. The van der Waals surface area contributed by atoms with E-state index in [4.69, 9.17) is 4.99 Å². The number of amidine groups is 1. The number of likely N-dealkylation sites (tertiary alicyclic amines) is 1. The second kappa shape index (κ2) is 6.64. The number of benzene rings is 1. The largest absolute Gasteiger partial charge is 0.362 e. The van der Waals surface area contributed by atoms with Crippen LogP contribution in [0.4, 0.5) is 0 Å². The van der Waals surface area contributed by atoms with Gasteiger partial charge in [0, 0.05) is 24.9 Å². The van der Waals surface area contributed by atoms with Crippen molar-refractivity contribution in [2.24, 2.45) is 4.99 Å². The maximum Gasteiger partial charge on any atom is 0.157 e. The molecule has 3 nitrogen and oxygen atoms in total. The summed E-state index contributed by atoms with van der Waals surface area (Å²) in [6.45, 7) is 5.57. The fraction of sp³-hybridized carbons (Fsp3) is 0.562. The van der Waals surface area contributed by atoms with Gasteiger partial charge in [-0.3, -0.25) is 9.89 Å². The second-order valence-electron chi connectivity index (χ2n) is 5.81. The van der Waals surface area contributed by atoms with Gasteiger partial charge in [0.1, 0.15) is 0 Å². The number of nitrogens with one attached hydrogen (secondary N) is 1. The van der Waals surface area contributed by atoms with Crippen molar-refractivity contribution in [3.63, 3.8) is 0 Å². The normalized spacial score (nSPS) is 29.6. The Bertz CT molecular complexity index is 460. The van der Waals surface area contributed by atoms with Crippen molar-refractivity contribution in [2.75, 3.05) is 18.8 Å². The first kappa shape index (κ1) is 14.0. The van der Waals surface area contributed by atoms with Crippen molar-refractivity contribution in [2.45, 2.75) is 38.4 Å². The first-order valence-corrected chi connectivity index (χ1v) is 8.51. The summed E-state index contributed by atoms with van der Waals surface area (Å²) in [5.41, 5.74) is 1.41. The van der Waals surface area contributed by atoms with Crippen LogP contribution in [0, 0.1) is 0 Å². The lowest BCUT2D eigenvalue weighted by atomic mass is 10.1. The monoisotopic (exact) mass is 289 g/mol. The van der Waals surface area contributed by atoms with Crippen LogP contribution in [-0.2, 0) is 6.54 Å². The molecular formula is C16H23N3S. The zero-order chi connectivity index (χ0) is 13.8. The molecule has 0 aromatic heterocycles. The van der Waals surface area contributed by atoms with Gasteiger partial charge in [0.05, 0.1) is 6.04 Å². The van der Waals surface area contributed by atoms with E-state index >= 15 is 0 Å². The number of nitrogens with zero attached hydrogens (tertiary/aromatic N) is 2. The highest BCUT2D eigenvalue weighted by atomic mass is 32.2. The van der Waals surface area contributed by atoms with Gasteiger partial charge >= 0.3 is 0 Å². The summed E-state index contributed by atoms with van der Waals surface area (Å²) in [4.78, 5) is 7.44. The van der Waals surface area contributed by atoms with Crippen LogP contribution in [0.15, 0.2) is 35.3 Å². The summed E-state index contributed by atoms with van der Waals surface area (Å²) in [5, 5.41) is 4.62. The summed E-state index contributed by atoms with van der Waals surface area (Å²) in [6.07, 6.45) is 2.49. The quantitative estimate of drug-likeness (QED) is 0.927. The average Bonchev–Trinajstić information content (AvgIpc) is 2.86. The van der Waals surface area contributed by atoms with E-state index in [1.54, 1.807) is 0 Å². The van der Waals surface area contributed by atoms with Crippen LogP contribution in [0.2, 0.25) is 0 Å². The van der Waals surface area contributed by atoms with E-state index in [0.29, 0.717) is 12.1 Å². The zero-order valence-corrected chi connectivity index (χ0v) is 12.9. The Morgan fingerprint density at radius 2 is 2.20 bits per heavy atom. The maximum absolute atomic E-state index is 4.90. The first-order chi connectivity index (χ1) is 9.79. The Balaban J connectivity index is 1.56. The van der Waals surface area contributed by atoms with Crippen LogP contribution in [0.3, 0.4) is 0 Å². The van der Waals surface area contributed by atoms with E-state index in [2.05, 4.69) is 47.5 Å². The summed E-state index contributed by atoms with van der Waals surface area (Å²) in [7, 11) is 0. The highest BCUT2D eigenvalue weighted by Crippen LogP contribution is 2.19. The topological polar surface area (TPSA) is 27.6 Å². The van der Waals surface area contributed by atoms with Gasteiger partial charge in [0.25, 0.3) is 0 Å². The molecule has 0 bridgehead atoms. The van der Waals surface area contributed by atoms with Crippen molar-refractivity contribution in [1.29, 1.82) is 0 Å². The van der Waals surface area contributed by atoms with Crippen LogP contribution >= 0.6 is 11.8 Å². The highest BCUT2D eigenvalue weighted by molar-refractivity contribution is 8.14. The van der Waals surface area contributed by atoms with Crippen LogP contribution in [-0.4, -0.2) is 41.0 Å². The van der Waals surface area contributed by atoms with Gasteiger partial charge in [-0.15, -0.1) is 0 Å². The van der Waals surface area contributed by atoms with Crippen LogP contribution in [0.25, 0.3) is 0 Å². The molecule has 0 spiro atoms. The van der Waals surface area contributed by atoms with Crippen LogP contribution in [0.1, 0.15) is 25.3 Å². The van der Waals surface area contributed by atoms with E-state index in [9.17, 15) is 0 Å². The van der Waals surface area contributed by atoms with Gasteiger partial charge in [-0.2, -0.15) is 0 Å². The van der Waals surface area contributed by atoms with E-state index in [-0.39, 0.29) is 0 Å². The van der Waals surface area contributed by atoms with E-state index in [1.807, 2.05) is 11.8 Å². The fourth-order valence-electron chi connectivity index (χ4n) is 2.86. The molecule has 0 saturated carbocycles. The molecule has 20 heavy (non-hydrogen) atoms. The predicted octanol–water partition coefficient (Wildman–Crippen LogP) is 2.73. The first-order valence-electron chi connectivity index (χ1n) is 7.53. The van der Waals surface area contributed by atoms with E-state index < -0.39 is 0 Å². The minimum Gasteiger partial charge on any atom is -0.362 e. The fourth-order valence-corrected chi connectivity index (χ4v) is 3.86. The molecule has 2 fully saturated rings. The Morgan fingerprint density at radius 3 is 2.95 bits per heavy atom. The predicted molar refractivity (Wildman–Crippen MR) is 87.2 cm³/mol. The molecule has 2 saturated heterocycles. The molecule has 4 heteroatoms. The van der Waals surface area contributed by atoms with Gasteiger partial charge in [0.15, 0.2) is 5.17 Å². The molecule has 3 rings (SSSR count). The molecule has 2 heterocycles. The van der Waals surface area contributed by atoms with Crippen molar-refractivity contribution in [3.8, 4) is 0 Å². The lowest BCUT2D eigenvalue weighted by molar-refractivity contribution is 0.202. The second-order valence-corrected chi connectivity index (χ2v) is 6.82. The molecular weight excluding hydrogens is 266 g/mol. The summed E-state index contributed by atoms with van der Waals surface area (Å²) in [5.74, 6) is 1.15. The lowest BCUT2D eigenvalue weighted by Crippen LogP contribution is -2.38. The van der Waals surface area contributed by atoms with Gasteiger partial charge in [-0.25, -0.2) is 0 Å².